The number of aromatic nitrogens is 1. The molecule has 1 amide bonds. The van der Waals surface area contributed by atoms with Gasteiger partial charge in [0.25, 0.3) is 5.91 Å². The molecule has 0 saturated heterocycles. The van der Waals surface area contributed by atoms with Gasteiger partial charge in [0, 0.05) is 12.7 Å². The number of carbonyl (C=O) groups excluding carboxylic acids is 1. The molecule has 6 heteroatoms. The first kappa shape index (κ1) is 14.2. The smallest absolute Gasteiger partial charge is 0.337 e. The summed E-state index contributed by atoms with van der Waals surface area (Å²) in [7, 11) is 0. The maximum Gasteiger partial charge on any atom is 0.337 e. The summed E-state index contributed by atoms with van der Waals surface area (Å²) in [5.74, 6) is -1.76. The molecule has 18 heavy (non-hydrogen) atoms. The number of carbonyl (C=O) groups is 2. The Hall–Kier alpha value is -1.82. The van der Waals surface area contributed by atoms with Gasteiger partial charge in [0.1, 0.15) is 5.69 Å². The number of carboxylic acids is 1. The van der Waals surface area contributed by atoms with Crippen molar-refractivity contribution in [2.75, 3.05) is 6.54 Å². The molecule has 1 unspecified atom stereocenters. The first-order valence-electron chi connectivity index (χ1n) is 5.77. The highest BCUT2D eigenvalue weighted by Crippen LogP contribution is 2.05. The summed E-state index contributed by atoms with van der Waals surface area (Å²) in [6.07, 6.45) is 2.68. The SMILES string of the molecule is CCCn1cccc1C(=O)NCC(C)(O)C(=O)O. The predicted molar refractivity (Wildman–Crippen MR) is 65.3 cm³/mol. The van der Waals surface area contributed by atoms with Crippen LogP contribution in [-0.4, -0.2) is 38.8 Å². The predicted octanol–water partition coefficient (Wildman–Crippen LogP) is 0.463. The van der Waals surface area contributed by atoms with Crippen LogP contribution in [0.2, 0.25) is 0 Å². The van der Waals surface area contributed by atoms with E-state index in [-0.39, 0.29) is 6.54 Å². The van der Waals surface area contributed by atoms with E-state index in [1.807, 2.05) is 6.92 Å². The Morgan fingerprint density at radius 3 is 2.72 bits per heavy atom. The van der Waals surface area contributed by atoms with Gasteiger partial charge in [0.15, 0.2) is 5.60 Å². The van der Waals surface area contributed by atoms with Crippen molar-refractivity contribution in [1.82, 2.24) is 9.88 Å². The van der Waals surface area contributed by atoms with Gasteiger partial charge in [0.05, 0.1) is 6.54 Å². The van der Waals surface area contributed by atoms with Crippen LogP contribution in [-0.2, 0) is 11.3 Å². The van der Waals surface area contributed by atoms with Crippen LogP contribution in [0.3, 0.4) is 0 Å². The summed E-state index contributed by atoms with van der Waals surface area (Å²) in [6, 6.07) is 3.40. The Bertz CT molecular complexity index is 437. The van der Waals surface area contributed by atoms with Crippen LogP contribution in [0, 0.1) is 0 Å². The van der Waals surface area contributed by atoms with Gasteiger partial charge in [-0.05, 0) is 25.5 Å². The Balaban J connectivity index is 2.66. The van der Waals surface area contributed by atoms with Crippen molar-refractivity contribution < 1.29 is 19.8 Å². The van der Waals surface area contributed by atoms with Gasteiger partial charge < -0.3 is 20.1 Å². The van der Waals surface area contributed by atoms with Crippen LogP contribution in [0.5, 0.6) is 0 Å². The molecule has 1 heterocycles. The number of rotatable bonds is 6. The molecule has 1 rings (SSSR count). The lowest BCUT2D eigenvalue weighted by atomic mass is 10.1. The third-order valence-electron chi connectivity index (χ3n) is 2.58. The number of amides is 1. The summed E-state index contributed by atoms with van der Waals surface area (Å²) in [5.41, 5.74) is -1.50. The van der Waals surface area contributed by atoms with Crippen LogP contribution in [0.15, 0.2) is 18.3 Å². The Morgan fingerprint density at radius 2 is 2.17 bits per heavy atom. The van der Waals surface area contributed by atoms with E-state index < -0.39 is 17.5 Å². The molecule has 100 valence electrons. The highest BCUT2D eigenvalue weighted by atomic mass is 16.4. The third-order valence-corrected chi connectivity index (χ3v) is 2.58. The molecule has 1 aromatic heterocycles. The minimum atomic E-state index is -1.96. The van der Waals surface area contributed by atoms with E-state index in [2.05, 4.69) is 5.32 Å². The topological polar surface area (TPSA) is 91.6 Å². The second-order valence-corrected chi connectivity index (χ2v) is 4.35. The van der Waals surface area contributed by atoms with Crippen molar-refractivity contribution in [3.63, 3.8) is 0 Å². The second-order valence-electron chi connectivity index (χ2n) is 4.35. The second kappa shape index (κ2) is 5.68. The van der Waals surface area contributed by atoms with Gasteiger partial charge in [-0.25, -0.2) is 4.79 Å². The van der Waals surface area contributed by atoms with E-state index >= 15 is 0 Å². The average molecular weight is 254 g/mol. The molecular weight excluding hydrogens is 236 g/mol. The van der Waals surface area contributed by atoms with E-state index in [0.29, 0.717) is 12.2 Å². The minimum Gasteiger partial charge on any atom is -0.479 e. The molecule has 0 radical (unpaired) electrons. The number of aryl methyl sites for hydroxylation is 1. The first-order valence-corrected chi connectivity index (χ1v) is 5.77. The summed E-state index contributed by atoms with van der Waals surface area (Å²) in [4.78, 5) is 22.5. The Labute approximate surface area is 105 Å². The van der Waals surface area contributed by atoms with Crippen molar-refractivity contribution in [3.05, 3.63) is 24.0 Å². The number of aliphatic hydroxyl groups is 1. The van der Waals surface area contributed by atoms with E-state index in [0.717, 1.165) is 13.3 Å². The molecule has 0 saturated carbocycles. The van der Waals surface area contributed by atoms with Crippen molar-refractivity contribution in [1.29, 1.82) is 0 Å². The van der Waals surface area contributed by atoms with Crippen molar-refractivity contribution in [2.24, 2.45) is 0 Å². The van der Waals surface area contributed by atoms with E-state index in [1.54, 1.807) is 22.9 Å². The number of carboxylic acid groups (broad SMARTS) is 1. The van der Waals surface area contributed by atoms with Crippen LogP contribution in [0.4, 0.5) is 0 Å². The number of aliphatic carboxylic acids is 1. The maximum atomic E-state index is 11.8. The zero-order chi connectivity index (χ0) is 13.8. The van der Waals surface area contributed by atoms with Gasteiger partial charge in [-0.3, -0.25) is 4.79 Å². The van der Waals surface area contributed by atoms with Crippen LogP contribution >= 0.6 is 0 Å². The largest absolute Gasteiger partial charge is 0.479 e. The maximum absolute atomic E-state index is 11.8. The highest BCUT2D eigenvalue weighted by Gasteiger charge is 2.30. The third kappa shape index (κ3) is 3.33. The number of hydrogen-bond donors (Lipinski definition) is 3. The number of nitrogens with one attached hydrogen (secondary N) is 1. The van der Waals surface area contributed by atoms with E-state index in [4.69, 9.17) is 5.11 Å². The lowest BCUT2D eigenvalue weighted by molar-refractivity contribution is -0.155. The summed E-state index contributed by atoms with van der Waals surface area (Å²) < 4.78 is 1.78. The standard InChI is InChI=1S/C12H18N2O4/c1-3-6-14-7-4-5-9(14)10(15)13-8-12(2,18)11(16)17/h4-5,7,18H,3,6,8H2,1-2H3,(H,13,15)(H,16,17). The molecule has 6 nitrogen and oxygen atoms in total. The quantitative estimate of drug-likeness (QED) is 0.688. The zero-order valence-electron chi connectivity index (χ0n) is 10.5. The fourth-order valence-corrected chi connectivity index (χ4v) is 1.47. The molecule has 0 fully saturated rings. The fourth-order valence-electron chi connectivity index (χ4n) is 1.47. The highest BCUT2D eigenvalue weighted by molar-refractivity contribution is 5.93. The van der Waals surface area contributed by atoms with Crippen LogP contribution < -0.4 is 5.32 Å². The van der Waals surface area contributed by atoms with Crippen LogP contribution in [0.1, 0.15) is 30.8 Å². The lowest BCUT2D eigenvalue weighted by Gasteiger charge is -2.18. The minimum absolute atomic E-state index is 0.335. The molecular formula is C12H18N2O4. The van der Waals surface area contributed by atoms with Gasteiger partial charge in [-0.1, -0.05) is 6.92 Å². The number of hydrogen-bond acceptors (Lipinski definition) is 3. The normalized spacial score (nSPS) is 13.9. The molecule has 3 N–H and O–H groups in total. The monoisotopic (exact) mass is 254 g/mol. The average Bonchev–Trinajstić information content (AvgIpc) is 2.74. The molecule has 0 aromatic carbocycles. The van der Waals surface area contributed by atoms with Crippen LogP contribution in [0.25, 0.3) is 0 Å². The zero-order valence-corrected chi connectivity index (χ0v) is 10.5. The van der Waals surface area contributed by atoms with E-state index in [1.165, 1.54) is 0 Å². The summed E-state index contributed by atoms with van der Waals surface area (Å²) in [5, 5.41) is 20.6. The van der Waals surface area contributed by atoms with Crippen molar-refractivity contribution in [3.8, 4) is 0 Å². The molecule has 0 aliphatic carbocycles. The summed E-state index contributed by atoms with van der Waals surface area (Å²) in [6.45, 7) is 3.52. The fraction of sp³-hybridized carbons (Fsp3) is 0.500. The molecule has 0 aliphatic heterocycles. The Kier molecular flexibility index (Phi) is 4.49. The van der Waals surface area contributed by atoms with Crippen molar-refractivity contribution >= 4 is 11.9 Å². The van der Waals surface area contributed by atoms with Gasteiger partial charge in [0.2, 0.25) is 0 Å². The lowest BCUT2D eigenvalue weighted by Crippen LogP contribution is -2.46. The first-order chi connectivity index (χ1) is 8.38. The molecule has 1 atom stereocenters. The number of nitrogens with zero attached hydrogens (tertiary/aromatic N) is 1. The molecule has 0 bridgehead atoms. The molecule has 0 aliphatic rings. The van der Waals surface area contributed by atoms with Gasteiger partial charge >= 0.3 is 5.97 Å². The van der Waals surface area contributed by atoms with Crippen molar-refractivity contribution in [2.45, 2.75) is 32.4 Å². The molecule has 0 spiro atoms. The van der Waals surface area contributed by atoms with E-state index in [9.17, 15) is 14.7 Å². The summed E-state index contributed by atoms with van der Waals surface area (Å²) >= 11 is 0. The Morgan fingerprint density at radius 1 is 1.50 bits per heavy atom. The van der Waals surface area contributed by atoms with Gasteiger partial charge in [-0.2, -0.15) is 0 Å². The van der Waals surface area contributed by atoms with Gasteiger partial charge in [-0.15, -0.1) is 0 Å². The molecule has 1 aromatic rings.